The Bertz CT molecular complexity index is 741. The van der Waals surface area contributed by atoms with Crippen molar-refractivity contribution < 1.29 is 4.92 Å². The molecule has 1 heterocycles. The average molecular weight is 380 g/mol. The fraction of sp³-hybridized carbons (Fsp3) is 0.333. The second-order valence-corrected chi connectivity index (χ2v) is 6.98. The monoisotopic (exact) mass is 379 g/mol. The van der Waals surface area contributed by atoms with Gasteiger partial charge in [0.2, 0.25) is 0 Å². The van der Waals surface area contributed by atoms with Crippen LogP contribution in [0.15, 0.2) is 42.5 Å². The van der Waals surface area contributed by atoms with Gasteiger partial charge in [-0.1, -0.05) is 41.4 Å². The van der Waals surface area contributed by atoms with Crippen LogP contribution in [0.2, 0.25) is 10.0 Å². The van der Waals surface area contributed by atoms with Crippen LogP contribution in [0.5, 0.6) is 0 Å². The molecule has 0 spiro atoms. The predicted molar refractivity (Wildman–Crippen MR) is 101 cm³/mol. The molecule has 132 valence electrons. The lowest BCUT2D eigenvalue weighted by Gasteiger charge is -2.33. The minimum atomic E-state index is -0.350. The van der Waals surface area contributed by atoms with Gasteiger partial charge in [-0.05, 0) is 31.0 Å². The molecule has 0 atom stereocenters. The Morgan fingerprint density at radius 2 is 1.72 bits per heavy atom. The van der Waals surface area contributed by atoms with Gasteiger partial charge >= 0.3 is 0 Å². The summed E-state index contributed by atoms with van der Waals surface area (Å²) in [5, 5.41) is 15.8. The quantitative estimate of drug-likeness (QED) is 0.587. The summed E-state index contributed by atoms with van der Waals surface area (Å²) >= 11 is 12.5. The Hall–Kier alpha value is -1.82. The molecule has 0 radical (unpaired) electrons. The first-order valence-corrected chi connectivity index (χ1v) is 8.95. The van der Waals surface area contributed by atoms with Crippen LogP contribution in [-0.2, 0) is 6.54 Å². The number of hydrogen-bond donors (Lipinski definition) is 1. The summed E-state index contributed by atoms with van der Waals surface area (Å²) in [6, 6.07) is 12.5. The van der Waals surface area contributed by atoms with E-state index in [0.29, 0.717) is 15.7 Å². The normalized spacial score (nSPS) is 15.9. The SMILES string of the molecule is O=[N+]([O-])c1ccccc1NC1CCN(Cc2c(Cl)cccc2Cl)CC1. The molecular weight excluding hydrogens is 361 g/mol. The molecule has 2 aromatic carbocycles. The van der Waals surface area contributed by atoms with Crippen molar-refractivity contribution in [2.24, 2.45) is 0 Å². The first-order chi connectivity index (χ1) is 12.0. The Balaban J connectivity index is 1.58. The van der Waals surface area contributed by atoms with Crippen molar-refractivity contribution in [2.45, 2.75) is 25.4 Å². The molecule has 0 aliphatic carbocycles. The number of para-hydroxylation sites is 2. The van der Waals surface area contributed by atoms with E-state index in [9.17, 15) is 10.1 Å². The molecule has 5 nitrogen and oxygen atoms in total. The molecule has 0 unspecified atom stereocenters. The van der Waals surface area contributed by atoms with Gasteiger partial charge in [-0.25, -0.2) is 0 Å². The van der Waals surface area contributed by atoms with E-state index in [1.54, 1.807) is 12.1 Å². The van der Waals surface area contributed by atoms with Crippen molar-refractivity contribution in [3.05, 3.63) is 68.2 Å². The van der Waals surface area contributed by atoms with E-state index in [-0.39, 0.29) is 16.7 Å². The minimum absolute atomic E-state index is 0.118. The maximum absolute atomic E-state index is 11.1. The number of nitro groups is 1. The van der Waals surface area contributed by atoms with Gasteiger partial charge < -0.3 is 5.32 Å². The third-order valence-corrected chi connectivity index (χ3v) is 5.20. The summed E-state index contributed by atoms with van der Waals surface area (Å²) in [6.45, 7) is 2.50. The van der Waals surface area contributed by atoms with Crippen LogP contribution in [0.4, 0.5) is 11.4 Å². The molecule has 1 fully saturated rings. The van der Waals surface area contributed by atoms with E-state index >= 15 is 0 Å². The summed E-state index contributed by atoms with van der Waals surface area (Å²) in [7, 11) is 0. The number of anilines is 1. The van der Waals surface area contributed by atoms with Crippen LogP contribution in [0.3, 0.4) is 0 Å². The van der Waals surface area contributed by atoms with E-state index in [1.807, 2.05) is 24.3 Å². The van der Waals surface area contributed by atoms with Crippen LogP contribution in [-0.4, -0.2) is 29.0 Å². The van der Waals surface area contributed by atoms with Gasteiger partial charge in [0.05, 0.1) is 4.92 Å². The lowest BCUT2D eigenvalue weighted by molar-refractivity contribution is -0.384. The molecule has 3 rings (SSSR count). The first-order valence-electron chi connectivity index (χ1n) is 8.20. The van der Waals surface area contributed by atoms with Crippen molar-refractivity contribution in [3.63, 3.8) is 0 Å². The van der Waals surface area contributed by atoms with E-state index in [1.165, 1.54) is 6.07 Å². The van der Waals surface area contributed by atoms with E-state index in [4.69, 9.17) is 23.2 Å². The molecule has 0 bridgehead atoms. The van der Waals surface area contributed by atoms with Gasteiger partial charge in [0.15, 0.2) is 0 Å². The molecule has 25 heavy (non-hydrogen) atoms. The number of nitrogens with zero attached hydrogens (tertiary/aromatic N) is 2. The second kappa shape index (κ2) is 8.04. The van der Waals surface area contributed by atoms with Crippen molar-refractivity contribution in [1.82, 2.24) is 4.90 Å². The molecule has 7 heteroatoms. The van der Waals surface area contributed by atoms with Gasteiger partial charge in [0.25, 0.3) is 5.69 Å². The maximum atomic E-state index is 11.1. The second-order valence-electron chi connectivity index (χ2n) is 6.17. The molecule has 1 aliphatic rings. The van der Waals surface area contributed by atoms with Gasteiger partial charge in [0, 0.05) is 47.4 Å². The Kier molecular flexibility index (Phi) is 5.78. The molecular formula is C18H19Cl2N3O2. The molecule has 0 saturated carbocycles. The van der Waals surface area contributed by atoms with E-state index in [2.05, 4.69) is 10.2 Å². The van der Waals surface area contributed by atoms with Gasteiger partial charge in [0.1, 0.15) is 5.69 Å². The highest BCUT2D eigenvalue weighted by atomic mass is 35.5. The number of rotatable bonds is 5. The topological polar surface area (TPSA) is 58.4 Å². The van der Waals surface area contributed by atoms with Crippen LogP contribution >= 0.6 is 23.2 Å². The lowest BCUT2D eigenvalue weighted by atomic mass is 10.0. The van der Waals surface area contributed by atoms with Gasteiger partial charge in [-0.15, -0.1) is 0 Å². The number of halogens is 2. The average Bonchev–Trinajstić information content (AvgIpc) is 2.60. The van der Waals surface area contributed by atoms with Gasteiger partial charge in [-0.2, -0.15) is 0 Å². The highest BCUT2D eigenvalue weighted by molar-refractivity contribution is 6.35. The highest BCUT2D eigenvalue weighted by Gasteiger charge is 2.22. The number of piperidine rings is 1. The summed E-state index contributed by atoms with van der Waals surface area (Å²) < 4.78 is 0. The Morgan fingerprint density at radius 3 is 2.36 bits per heavy atom. The Labute approximate surface area is 156 Å². The van der Waals surface area contributed by atoms with Crippen molar-refractivity contribution in [1.29, 1.82) is 0 Å². The molecule has 1 N–H and O–H groups in total. The van der Waals surface area contributed by atoms with Crippen molar-refractivity contribution in [2.75, 3.05) is 18.4 Å². The number of nitrogens with one attached hydrogen (secondary N) is 1. The summed E-state index contributed by atoms with van der Waals surface area (Å²) in [5.41, 5.74) is 1.66. The zero-order valence-electron chi connectivity index (χ0n) is 13.6. The maximum Gasteiger partial charge on any atom is 0.292 e. The minimum Gasteiger partial charge on any atom is -0.377 e. The largest absolute Gasteiger partial charge is 0.377 e. The number of nitro benzene ring substituents is 1. The van der Waals surface area contributed by atoms with Crippen LogP contribution in [0, 0.1) is 10.1 Å². The summed E-state index contributed by atoms with van der Waals surface area (Å²) in [4.78, 5) is 13.1. The van der Waals surface area contributed by atoms with Gasteiger partial charge in [-0.3, -0.25) is 15.0 Å². The molecule has 0 aromatic heterocycles. The summed E-state index contributed by atoms with van der Waals surface area (Å²) in [6.07, 6.45) is 1.82. The van der Waals surface area contributed by atoms with E-state index < -0.39 is 0 Å². The fourth-order valence-corrected chi connectivity index (χ4v) is 3.63. The lowest BCUT2D eigenvalue weighted by Crippen LogP contribution is -2.38. The van der Waals surface area contributed by atoms with Crippen LogP contribution < -0.4 is 5.32 Å². The molecule has 1 aliphatic heterocycles. The number of hydrogen-bond acceptors (Lipinski definition) is 4. The third kappa shape index (κ3) is 4.42. The molecule has 0 amide bonds. The zero-order chi connectivity index (χ0) is 17.8. The zero-order valence-corrected chi connectivity index (χ0v) is 15.1. The van der Waals surface area contributed by atoms with Crippen molar-refractivity contribution in [3.8, 4) is 0 Å². The van der Waals surface area contributed by atoms with Crippen LogP contribution in [0.1, 0.15) is 18.4 Å². The standard InChI is InChI=1S/C18H19Cl2N3O2/c19-15-4-3-5-16(20)14(15)12-22-10-8-13(9-11-22)21-17-6-1-2-7-18(17)23(24)25/h1-7,13,21H,8-12H2. The molecule has 1 saturated heterocycles. The predicted octanol–water partition coefficient (Wildman–Crippen LogP) is 4.98. The molecule has 2 aromatic rings. The first kappa shape index (κ1) is 18.0. The summed E-state index contributed by atoms with van der Waals surface area (Å²) in [5.74, 6) is 0. The number of benzene rings is 2. The van der Waals surface area contributed by atoms with Crippen LogP contribution in [0.25, 0.3) is 0 Å². The fourth-order valence-electron chi connectivity index (χ4n) is 3.12. The number of likely N-dealkylation sites (tertiary alicyclic amines) is 1. The van der Waals surface area contributed by atoms with Crippen molar-refractivity contribution >= 4 is 34.6 Å². The third-order valence-electron chi connectivity index (χ3n) is 4.49. The van der Waals surface area contributed by atoms with E-state index in [0.717, 1.165) is 38.0 Å². The Morgan fingerprint density at radius 1 is 1.08 bits per heavy atom. The highest BCUT2D eigenvalue weighted by Crippen LogP contribution is 2.29. The smallest absolute Gasteiger partial charge is 0.292 e.